The van der Waals surface area contributed by atoms with Gasteiger partial charge < -0.3 is 54.2 Å². The highest BCUT2D eigenvalue weighted by Gasteiger charge is 2.23. The molecule has 9 rings (SSSR count). The number of carbonyl (C=O) groups is 4. The first-order valence-corrected chi connectivity index (χ1v) is 19.8. The van der Waals surface area contributed by atoms with Gasteiger partial charge in [0.05, 0.1) is 45.5 Å². The molecule has 0 aliphatic carbocycles. The summed E-state index contributed by atoms with van der Waals surface area (Å²) in [5, 5.41) is 11.0. The number of hydrogen-bond donors (Lipinski definition) is 10. The van der Waals surface area contributed by atoms with Gasteiger partial charge in [0.1, 0.15) is 0 Å². The largest absolute Gasteiger partial charge is 0.354 e. The summed E-state index contributed by atoms with van der Waals surface area (Å²) in [4.78, 5) is 67.2. The molecular weight excluding hydrogens is 809 g/mol. The minimum atomic E-state index is -0.752. The van der Waals surface area contributed by atoms with E-state index in [0.29, 0.717) is 112 Å². The van der Waals surface area contributed by atoms with E-state index < -0.39 is 24.1 Å². The standard InChI is InChI=1S/C48H38N12O4/c49-45(61)57-29-13-5-1-9-25(29)41-33-17-19-35(53-33)42(26-10-2-6-14-30(26)58-46(50)62)37-21-23-39(55-37)44(28-12-4-8-16-32(28)60-48(52)64)40-24-22-38(56-40)43(36-20-18-34(41)54-36)27-11-3-7-15-31(27)59-47(51)63/h1-24,53,56H,(H3,49,57,61)(H3,50,58,62)(H3,51,59,63)(H3,52,60,64). The Kier molecular flexibility index (Phi) is 10.3. The number of carbonyl (C=O) groups excluding carboxylic acids is 4. The zero-order valence-corrected chi connectivity index (χ0v) is 33.7. The van der Waals surface area contributed by atoms with Gasteiger partial charge in [0, 0.05) is 66.6 Å². The molecule has 4 aromatic carbocycles. The molecule has 7 aromatic rings. The van der Waals surface area contributed by atoms with Crippen molar-refractivity contribution in [3.05, 3.63) is 144 Å². The van der Waals surface area contributed by atoms with Crippen LogP contribution in [0.4, 0.5) is 41.9 Å². The monoisotopic (exact) mass is 846 g/mol. The number of aromatic nitrogens is 4. The molecular formula is C48H38N12O4. The van der Waals surface area contributed by atoms with Crippen LogP contribution in [0.15, 0.2) is 121 Å². The predicted octanol–water partition coefficient (Wildman–Crippen LogP) is 9.29. The number of hydrogen-bond acceptors (Lipinski definition) is 6. The average Bonchev–Trinajstić information content (AvgIpc) is 4.11. The van der Waals surface area contributed by atoms with Crippen LogP contribution in [0, 0.1) is 0 Å². The Bertz CT molecular complexity index is 2900. The average molecular weight is 847 g/mol. The zero-order valence-electron chi connectivity index (χ0n) is 33.7. The predicted molar refractivity (Wildman–Crippen MR) is 253 cm³/mol. The van der Waals surface area contributed by atoms with Crippen molar-refractivity contribution in [1.29, 1.82) is 0 Å². The molecule has 3 aromatic heterocycles. The van der Waals surface area contributed by atoms with Crippen molar-refractivity contribution < 1.29 is 19.2 Å². The van der Waals surface area contributed by atoms with Crippen LogP contribution >= 0.6 is 0 Å². The van der Waals surface area contributed by atoms with Gasteiger partial charge in [-0.1, -0.05) is 72.8 Å². The van der Waals surface area contributed by atoms with E-state index in [0.717, 1.165) is 0 Å². The number of rotatable bonds is 8. The van der Waals surface area contributed by atoms with Crippen molar-refractivity contribution in [2.75, 3.05) is 21.3 Å². The highest BCUT2D eigenvalue weighted by atomic mass is 16.2. The summed E-state index contributed by atoms with van der Waals surface area (Å²) in [6.45, 7) is 0. The summed E-state index contributed by atoms with van der Waals surface area (Å²) in [5.41, 5.74) is 33.8. The number of nitrogens with one attached hydrogen (secondary N) is 6. The second kappa shape index (κ2) is 16.5. The number of aromatic amines is 2. The number of fused-ring (bicyclic) bond motifs is 8. The van der Waals surface area contributed by atoms with E-state index in [-0.39, 0.29) is 0 Å². The molecule has 14 N–H and O–H groups in total. The summed E-state index contributed by atoms with van der Waals surface area (Å²) in [6, 6.07) is 33.5. The maximum absolute atomic E-state index is 12.4. The molecule has 0 atom stereocenters. The van der Waals surface area contributed by atoms with Crippen molar-refractivity contribution in [2.24, 2.45) is 22.9 Å². The lowest BCUT2D eigenvalue weighted by atomic mass is 10.0. The number of amides is 8. The minimum absolute atomic E-state index is 0.436. The Morgan fingerprint density at radius 2 is 0.562 bits per heavy atom. The van der Waals surface area contributed by atoms with Gasteiger partial charge in [0.15, 0.2) is 0 Å². The topological polar surface area (TPSA) is 278 Å². The molecule has 2 aliphatic rings. The Labute approximate surface area is 364 Å². The van der Waals surface area contributed by atoms with Gasteiger partial charge in [-0.2, -0.15) is 0 Å². The third kappa shape index (κ3) is 7.72. The summed E-state index contributed by atoms with van der Waals surface area (Å²) in [5.74, 6) is 0. The number of benzene rings is 4. The Balaban J connectivity index is 1.50. The van der Waals surface area contributed by atoms with E-state index in [4.69, 9.17) is 32.9 Å². The molecule has 16 nitrogen and oxygen atoms in total. The molecule has 0 saturated heterocycles. The smallest absolute Gasteiger partial charge is 0.316 e. The van der Waals surface area contributed by atoms with Crippen LogP contribution in [-0.2, 0) is 0 Å². The molecule has 0 radical (unpaired) electrons. The molecule has 0 fully saturated rings. The van der Waals surface area contributed by atoms with Gasteiger partial charge >= 0.3 is 24.1 Å². The molecule has 5 heterocycles. The Morgan fingerprint density at radius 3 is 0.781 bits per heavy atom. The molecule has 0 saturated carbocycles. The van der Waals surface area contributed by atoms with Crippen molar-refractivity contribution in [2.45, 2.75) is 0 Å². The first-order valence-electron chi connectivity index (χ1n) is 19.8. The Morgan fingerprint density at radius 1 is 0.344 bits per heavy atom. The van der Waals surface area contributed by atoms with Crippen LogP contribution in [-0.4, -0.2) is 44.1 Å². The molecule has 16 heteroatoms. The minimum Gasteiger partial charge on any atom is -0.354 e. The summed E-state index contributed by atoms with van der Waals surface area (Å²) < 4.78 is 0. The van der Waals surface area contributed by atoms with Crippen LogP contribution in [0.25, 0.3) is 90.9 Å². The van der Waals surface area contributed by atoms with Crippen LogP contribution in [0.2, 0.25) is 0 Å². The fourth-order valence-corrected chi connectivity index (χ4v) is 8.11. The maximum Gasteiger partial charge on any atom is 0.316 e. The second-order valence-corrected chi connectivity index (χ2v) is 14.6. The maximum atomic E-state index is 12.4. The van der Waals surface area contributed by atoms with E-state index in [1.165, 1.54) is 0 Å². The lowest BCUT2D eigenvalue weighted by molar-refractivity contribution is 0.258. The molecule has 2 aliphatic heterocycles. The third-order valence-electron chi connectivity index (χ3n) is 10.6. The summed E-state index contributed by atoms with van der Waals surface area (Å²) >= 11 is 0. The second-order valence-electron chi connectivity index (χ2n) is 14.6. The third-order valence-corrected chi connectivity index (χ3v) is 10.6. The molecule has 8 amide bonds. The zero-order chi connectivity index (χ0) is 44.5. The van der Waals surface area contributed by atoms with Gasteiger partial charge in [-0.05, 0) is 72.8 Å². The van der Waals surface area contributed by atoms with E-state index in [1.807, 2.05) is 97.1 Å². The number of para-hydroxylation sites is 4. The molecule has 0 spiro atoms. The van der Waals surface area contributed by atoms with Crippen molar-refractivity contribution >= 4 is 93.2 Å². The highest BCUT2D eigenvalue weighted by Crippen LogP contribution is 2.42. The van der Waals surface area contributed by atoms with Gasteiger partial charge in [0.2, 0.25) is 0 Å². The molecule has 8 bridgehead atoms. The number of nitrogens with two attached hydrogens (primary N) is 4. The first kappa shape index (κ1) is 40.0. The number of H-pyrrole nitrogens is 2. The van der Waals surface area contributed by atoms with E-state index >= 15 is 0 Å². The van der Waals surface area contributed by atoms with E-state index in [9.17, 15) is 19.2 Å². The van der Waals surface area contributed by atoms with Crippen LogP contribution in [0.1, 0.15) is 22.8 Å². The van der Waals surface area contributed by atoms with Crippen LogP contribution < -0.4 is 44.2 Å². The van der Waals surface area contributed by atoms with Gasteiger partial charge in [-0.15, -0.1) is 0 Å². The number of urea groups is 4. The number of primary amides is 4. The quantitative estimate of drug-likeness (QED) is 0.0711. The molecule has 314 valence electrons. The van der Waals surface area contributed by atoms with Gasteiger partial charge in [0.25, 0.3) is 0 Å². The van der Waals surface area contributed by atoms with Gasteiger partial charge in [-0.25, -0.2) is 29.1 Å². The first-order chi connectivity index (χ1) is 31.0. The lowest BCUT2D eigenvalue weighted by Crippen LogP contribution is -2.19. The normalized spacial score (nSPS) is 11.5. The van der Waals surface area contributed by atoms with Crippen molar-refractivity contribution in [3.8, 4) is 44.5 Å². The fraction of sp³-hybridized carbons (Fsp3) is 0. The number of anilines is 4. The van der Waals surface area contributed by atoms with Crippen molar-refractivity contribution in [3.63, 3.8) is 0 Å². The summed E-state index contributed by atoms with van der Waals surface area (Å²) in [7, 11) is 0. The molecule has 0 unspecified atom stereocenters. The Hall–Kier alpha value is -9.44. The fourth-order valence-electron chi connectivity index (χ4n) is 8.11. The SMILES string of the molecule is NC(=O)Nc1ccccc1-c1c2nc(c(-c3ccccc3NC(N)=O)c3ccc([nH]3)c(-c3ccccc3NC(N)=O)c3nc(c(-c4ccccc4NC(N)=O)c4ccc1[nH]4)C=C3)C=C2. The van der Waals surface area contributed by atoms with Crippen LogP contribution in [0.3, 0.4) is 0 Å². The highest BCUT2D eigenvalue weighted by molar-refractivity contribution is 6.07. The van der Waals surface area contributed by atoms with E-state index in [2.05, 4.69) is 31.2 Å². The number of nitrogens with zero attached hydrogens (tertiary/aromatic N) is 2. The summed E-state index contributed by atoms with van der Waals surface area (Å²) in [6.07, 6.45) is 7.46. The van der Waals surface area contributed by atoms with Crippen LogP contribution in [0.5, 0.6) is 0 Å². The molecule has 64 heavy (non-hydrogen) atoms. The van der Waals surface area contributed by atoms with E-state index in [1.54, 1.807) is 48.5 Å². The van der Waals surface area contributed by atoms with Crippen molar-refractivity contribution in [1.82, 2.24) is 19.9 Å². The lowest BCUT2D eigenvalue weighted by Gasteiger charge is -2.13. The van der Waals surface area contributed by atoms with Gasteiger partial charge in [-0.3, -0.25) is 0 Å².